The van der Waals surface area contributed by atoms with E-state index in [1.807, 2.05) is 0 Å². The van der Waals surface area contributed by atoms with Crippen LogP contribution in [0, 0.1) is 5.92 Å². The van der Waals surface area contributed by atoms with Crippen molar-refractivity contribution in [3.05, 3.63) is 60.7 Å². The van der Waals surface area contributed by atoms with Crippen molar-refractivity contribution in [1.82, 2.24) is 0 Å². The van der Waals surface area contributed by atoms with Crippen molar-refractivity contribution in [2.75, 3.05) is 6.16 Å². The molecule has 0 aromatic heterocycles. The molecule has 0 amide bonds. The zero-order chi connectivity index (χ0) is 14.2. The molecule has 0 atom stereocenters. The Morgan fingerprint density at radius 3 is 1.60 bits per heavy atom. The Kier molecular flexibility index (Phi) is 6.27. The van der Waals surface area contributed by atoms with Crippen molar-refractivity contribution in [3.63, 3.8) is 0 Å². The van der Waals surface area contributed by atoms with Gasteiger partial charge in [-0.2, -0.15) is 0 Å². The molecule has 0 N–H and O–H groups in total. The van der Waals surface area contributed by atoms with E-state index in [1.54, 1.807) is 0 Å². The van der Waals surface area contributed by atoms with Gasteiger partial charge in [-0.1, -0.05) is 87.4 Å². The smallest absolute Gasteiger partial charge is 0.0195 e. The zero-order valence-corrected chi connectivity index (χ0v) is 13.5. The maximum Gasteiger partial charge on any atom is -0.0195 e. The Bertz CT molecular complexity index is 434. The Balaban J connectivity index is 2.17. The number of benzene rings is 2. The third kappa shape index (κ3) is 4.18. The number of hydrogen-bond donors (Lipinski definition) is 0. The minimum Gasteiger partial charge on any atom is -0.0651 e. The van der Waals surface area contributed by atoms with E-state index in [0.717, 1.165) is 5.92 Å². The largest absolute Gasteiger partial charge is 0.0651 e. The molecule has 0 aliphatic heterocycles. The highest BCUT2D eigenvalue weighted by Gasteiger charge is 2.15. The van der Waals surface area contributed by atoms with Crippen LogP contribution in [0.5, 0.6) is 0 Å². The first-order chi connectivity index (χ1) is 9.85. The molecule has 2 aromatic rings. The van der Waals surface area contributed by atoms with Gasteiger partial charge in [-0.25, -0.2) is 0 Å². The molecule has 0 nitrogen and oxygen atoms in total. The second-order valence-corrected chi connectivity index (χ2v) is 7.63. The summed E-state index contributed by atoms with van der Waals surface area (Å²) in [5.74, 6) is 0.882. The molecule has 0 aliphatic rings. The van der Waals surface area contributed by atoms with Crippen LogP contribution in [0.1, 0.15) is 33.1 Å². The fraction of sp³-hybridized carbons (Fsp3) is 0.368. The van der Waals surface area contributed by atoms with Crippen molar-refractivity contribution in [2.45, 2.75) is 33.1 Å². The Morgan fingerprint density at radius 2 is 1.20 bits per heavy atom. The SMILES string of the molecule is CCC(CC)CCP(c1ccccc1)c1ccccc1. The van der Waals surface area contributed by atoms with Crippen LogP contribution < -0.4 is 10.6 Å². The van der Waals surface area contributed by atoms with E-state index >= 15 is 0 Å². The Morgan fingerprint density at radius 1 is 0.750 bits per heavy atom. The summed E-state index contributed by atoms with van der Waals surface area (Å²) in [6.45, 7) is 4.64. The predicted molar refractivity (Wildman–Crippen MR) is 92.6 cm³/mol. The molecule has 0 unspecified atom stereocenters. The van der Waals surface area contributed by atoms with Crippen LogP contribution in [-0.2, 0) is 0 Å². The molecule has 2 rings (SSSR count). The van der Waals surface area contributed by atoms with Gasteiger partial charge in [0.1, 0.15) is 0 Å². The minimum absolute atomic E-state index is 0.195. The van der Waals surface area contributed by atoms with Crippen LogP contribution in [0.3, 0.4) is 0 Å². The van der Waals surface area contributed by atoms with Gasteiger partial charge in [-0.05, 0) is 37.0 Å². The fourth-order valence-corrected chi connectivity index (χ4v) is 5.13. The van der Waals surface area contributed by atoms with E-state index in [0.29, 0.717) is 0 Å². The van der Waals surface area contributed by atoms with Crippen molar-refractivity contribution >= 4 is 18.5 Å². The molecule has 106 valence electrons. The average Bonchev–Trinajstić information content (AvgIpc) is 2.53. The van der Waals surface area contributed by atoms with Gasteiger partial charge in [0.05, 0.1) is 0 Å². The molecule has 20 heavy (non-hydrogen) atoms. The van der Waals surface area contributed by atoms with E-state index in [-0.39, 0.29) is 7.92 Å². The van der Waals surface area contributed by atoms with Crippen LogP contribution in [0.15, 0.2) is 60.7 Å². The maximum atomic E-state index is 2.32. The van der Waals surface area contributed by atoms with Crippen LogP contribution >= 0.6 is 7.92 Å². The summed E-state index contributed by atoms with van der Waals surface area (Å²) in [6, 6.07) is 22.1. The number of hydrogen-bond acceptors (Lipinski definition) is 0. The molecule has 0 bridgehead atoms. The van der Waals surface area contributed by atoms with Gasteiger partial charge in [0.15, 0.2) is 0 Å². The first kappa shape index (κ1) is 15.3. The first-order valence-corrected chi connectivity index (χ1v) is 9.25. The molecule has 0 spiro atoms. The maximum absolute atomic E-state index is 2.32. The second-order valence-electron chi connectivity index (χ2n) is 5.29. The van der Waals surface area contributed by atoms with Crippen LogP contribution in [0.4, 0.5) is 0 Å². The summed E-state index contributed by atoms with van der Waals surface area (Å²) in [5, 5.41) is 3.03. The van der Waals surface area contributed by atoms with Crippen molar-refractivity contribution in [3.8, 4) is 0 Å². The van der Waals surface area contributed by atoms with Crippen molar-refractivity contribution < 1.29 is 0 Å². The van der Waals surface area contributed by atoms with Gasteiger partial charge in [0, 0.05) is 0 Å². The topological polar surface area (TPSA) is 0 Å². The molecule has 0 saturated carbocycles. The molecule has 0 radical (unpaired) electrons. The molecular formula is C19H25P. The Hall–Kier alpha value is -1.13. The summed E-state index contributed by atoms with van der Waals surface area (Å²) in [5.41, 5.74) is 0. The zero-order valence-electron chi connectivity index (χ0n) is 12.6. The van der Waals surface area contributed by atoms with Crippen LogP contribution in [-0.4, -0.2) is 6.16 Å². The van der Waals surface area contributed by atoms with Crippen LogP contribution in [0.25, 0.3) is 0 Å². The third-order valence-electron chi connectivity index (χ3n) is 4.05. The fourth-order valence-electron chi connectivity index (χ4n) is 2.63. The third-order valence-corrected chi connectivity index (χ3v) is 6.60. The quantitative estimate of drug-likeness (QED) is 0.631. The van der Waals surface area contributed by atoms with E-state index < -0.39 is 0 Å². The minimum atomic E-state index is -0.195. The summed E-state index contributed by atoms with van der Waals surface area (Å²) in [6.07, 6.45) is 5.28. The molecule has 0 fully saturated rings. The lowest BCUT2D eigenvalue weighted by molar-refractivity contribution is 0.480. The highest BCUT2D eigenvalue weighted by Crippen LogP contribution is 2.36. The van der Waals surface area contributed by atoms with E-state index in [4.69, 9.17) is 0 Å². The normalized spacial score (nSPS) is 11.2. The standard InChI is InChI=1S/C19H25P/c1-3-17(4-2)15-16-20(18-11-7-5-8-12-18)19-13-9-6-10-14-19/h5-14,17H,3-4,15-16H2,1-2H3. The highest BCUT2D eigenvalue weighted by molar-refractivity contribution is 7.73. The van der Waals surface area contributed by atoms with Gasteiger partial charge >= 0.3 is 0 Å². The van der Waals surface area contributed by atoms with Gasteiger partial charge in [0.25, 0.3) is 0 Å². The summed E-state index contributed by atoms with van der Waals surface area (Å²) in [4.78, 5) is 0. The van der Waals surface area contributed by atoms with Crippen LogP contribution in [0.2, 0.25) is 0 Å². The lowest BCUT2D eigenvalue weighted by atomic mass is 10.0. The summed E-state index contributed by atoms with van der Waals surface area (Å²) >= 11 is 0. The Labute approximate surface area is 125 Å². The van der Waals surface area contributed by atoms with Gasteiger partial charge in [-0.15, -0.1) is 0 Å². The summed E-state index contributed by atoms with van der Waals surface area (Å²) < 4.78 is 0. The number of rotatable bonds is 7. The predicted octanol–water partition coefficient (Wildman–Crippen LogP) is 4.95. The summed E-state index contributed by atoms with van der Waals surface area (Å²) in [7, 11) is -0.195. The van der Waals surface area contributed by atoms with E-state index in [2.05, 4.69) is 74.5 Å². The molecule has 1 heteroatoms. The molecule has 2 aromatic carbocycles. The molecule has 0 heterocycles. The molecule has 0 saturated heterocycles. The monoisotopic (exact) mass is 284 g/mol. The van der Waals surface area contributed by atoms with E-state index in [1.165, 1.54) is 36.0 Å². The highest BCUT2D eigenvalue weighted by atomic mass is 31.1. The first-order valence-electron chi connectivity index (χ1n) is 7.72. The molecular weight excluding hydrogens is 259 g/mol. The second kappa shape index (κ2) is 8.22. The van der Waals surface area contributed by atoms with Gasteiger partial charge in [-0.3, -0.25) is 0 Å². The lowest BCUT2D eigenvalue weighted by Gasteiger charge is -2.21. The van der Waals surface area contributed by atoms with Gasteiger partial charge < -0.3 is 0 Å². The average molecular weight is 284 g/mol. The van der Waals surface area contributed by atoms with Gasteiger partial charge in [0.2, 0.25) is 0 Å². The lowest BCUT2D eigenvalue weighted by Crippen LogP contribution is -2.15. The van der Waals surface area contributed by atoms with E-state index in [9.17, 15) is 0 Å². The van der Waals surface area contributed by atoms with Crippen molar-refractivity contribution in [1.29, 1.82) is 0 Å². The molecule has 0 aliphatic carbocycles. The van der Waals surface area contributed by atoms with Crippen molar-refractivity contribution in [2.24, 2.45) is 5.92 Å².